The summed E-state index contributed by atoms with van der Waals surface area (Å²) < 4.78 is 0. The maximum Gasteiger partial charge on any atom is 1.00 e. The molecule has 0 aliphatic rings. The Balaban J connectivity index is 0.00000338. The maximum atomic E-state index is 9.61. The number of aliphatic imine (C=N–C) groups is 2. The summed E-state index contributed by atoms with van der Waals surface area (Å²) in [5.74, 6) is 0.501. The van der Waals surface area contributed by atoms with Gasteiger partial charge < -0.3 is 15.5 Å². The van der Waals surface area contributed by atoms with Crippen molar-refractivity contribution >= 4 is 12.4 Å². The van der Waals surface area contributed by atoms with Crippen LogP contribution >= 0.6 is 0 Å². The van der Waals surface area contributed by atoms with Gasteiger partial charge in [0, 0.05) is 36.6 Å². The van der Waals surface area contributed by atoms with Crippen molar-refractivity contribution in [3.8, 4) is 11.5 Å². The Bertz CT molecular complexity index is 645. The van der Waals surface area contributed by atoms with E-state index in [1.54, 1.807) is 36.7 Å². The van der Waals surface area contributed by atoms with E-state index < -0.39 is 0 Å². The molecule has 0 atom stereocenters. The third-order valence-corrected chi connectivity index (χ3v) is 3.54. The molecule has 2 N–H and O–H groups in total. The minimum atomic E-state index is 0. The summed E-state index contributed by atoms with van der Waals surface area (Å²) in [5.41, 5.74) is 1.48. The van der Waals surface area contributed by atoms with Crippen LogP contribution in [0.3, 0.4) is 0 Å². The number of para-hydroxylation sites is 2. The summed E-state index contributed by atoms with van der Waals surface area (Å²) >= 11 is 0. The summed E-state index contributed by atoms with van der Waals surface area (Å²) in [5, 5.41) is 23.7. The molecule has 0 saturated carbocycles. The Morgan fingerprint density at radius 1 is 0.731 bits per heavy atom. The van der Waals surface area contributed by atoms with Crippen LogP contribution in [0.25, 0.3) is 5.32 Å². The van der Waals surface area contributed by atoms with E-state index in [2.05, 4.69) is 15.3 Å². The molecule has 0 heterocycles. The van der Waals surface area contributed by atoms with E-state index in [0.717, 1.165) is 37.1 Å². The molecule has 0 radical (unpaired) electrons. The summed E-state index contributed by atoms with van der Waals surface area (Å²) in [6, 6.07) is 14.3. The van der Waals surface area contributed by atoms with Crippen LogP contribution < -0.4 is 0 Å². The molecule has 0 aromatic heterocycles. The summed E-state index contributed by atoms with van der Waals surface area (Å²) in [4.78, 5) is 8.60. The molecule has 0 amide bonds. The van der Waals surface area contributed by atoms with Gasteiger partial charge in [0.1, 0.15) is 11.5 Å². The molecule has 0 spiro atoms. The second-order valence-corrected chi connectivity index (χ2v) is 5.57. The average molecular weight is 402 g/mol. The first-order valence-corrected chi connectivity index (χ1v) is 8.46. The van der Waals surface area contributed by atoms with Gasteiger partial charge in [0.25, 0.3) is 0 Å². The standard InChI is InChI=1S/C20H24N3O2.Cu/c24-19-9-3-1-7-17(19)15-22-13-5-11-21-12-6-14-23-16-18-8-2-4-10-20(18)25;/h1-4,7-10,15-16,24-25H,5-6,11-14H2;/q-1;+1. The number of hydrogen-bond acceptors (Lipinski definition) is 4. The molecule has 0 unspecified atom stereocenters. The van der Waals surface area contributed by atoms with Gasteiger partial charge in [0.05, 0.1) is 0 Å². The molecule has 6 heteroatoms. The van der Waals surface area contributed by atoms with Crippen molar-refractivity contribution in [3.63, 3.8) is 0 Å². The van der Waals surface area contributed by atoms with Gasteiger partial charge in [-0.3, -0.25) is 9.98 Å². The van der Waals surface area contributed by atoms with Gasteiger partial charge in [-0.25, -0.2) is 0 Å². The first-order chi connectivity index (χ1) is 12.3. The van der Waals surface area contributed by atoms with Crippen LogP contribution in [0.1, 0.15) is 24.0 Å². The predicted octanol–water partition coefficient (Wildman–Crippen LogP) is 3.79. The number of benzene rings is 2. The van der Waals surface area contributed by atoms with E-state index in [9.17, 15) is 10.2 Å². The number of phenols is 2. The summed E-state index contributed by atoms with van der Waals surface area (Å²) in [6.45, 7) is 2.95. The van der Waals surface area contributed by atoms with Gasteiger partial charge in [-0.2, -0.15) is 0 Å². The monoisotopic (exact) mass is 401 g/mol. The third kappa shape index (κ3) is 8.30. The van der Waals surface area contributed by atoms with Crippen molar-refractivity contribution in [3.05, 3.63) is 65.0 Å². The molecule has 0 fully saturated rings. The van der Waals surface area contributed by atoms with Crippen LogP contribution in [-0.2, 0) is 17.1 Å². The van der Waals surface area contributed by atoms with Crippen LogP contribution in [0.15, 0.2) is 58.5 Å². The molecule has 0 bridgehead atoms. The number of phenolic OH excluding ortho intramolecular Hbond substituents is 2. The fraction of sp³-hybridized carbons (Fsp3) is 0.300. The number of rotatable bonds is 10. The maximum absolute atomic E-state index is 9.61. The van der Waals surface area contributed by atoms with Crippen LogP contribution in [0.5, 0.6) is 11.5 Å². The Morgan fingerprint density at radius 2 is 1.15 bits per heavy atom. The number of aromatic hydroxyl groups is 2. The molecule has 0 saturated heterocycles. The topological polar surface area (TPSA) is 79.3 Å². The van der Waals surface area contributed by atoms with E-state index >= 15 is 0 Å². The van der Waals surface area contributed by atoms with E-state index in [1.165, 1.54) is 0 Å². The van der Waals surface area contributed by atoms with Crippen molar-refractivity contribution in [2.24, 2.45) is 9.98 Å². The minimum absolute atomic E-state index is 0. The number of nitrogens with zero attached hydrogens (tertiary/aromatic N) is 3. The Kier molecular flexibility index (Phi) is 11.0. The molecule has 2 rings (SSSR count). The third-order valence-electron chi connectivity index (χ3n) is 3.54. The van der Waals surface area contributed by atoms with Crippen molar-refractivity contribution < 1.29 is 27.3 Å². The smallest absolute Gasteiger partial charge is 0.662 e. The predicted molar refractivity (Wildman–Crippen MR) is 103 cm³/mol. The number of hydrogen-bond donors (Lipinski definition) is 2. The first kappa shape index (κ1) is 21.9. The Labute approximate surface area is 165 Å². The zero-order valence-corrected chi connectivity index (χ0v) is 15.5. The van der Waals surface area contributed by atoms with E-state index in [0.29, 0.717) is 13.1 Å². The van der Waals surface area contributed by atoms with E-state index in [-0.39, 0.29) is 28.6 Å². The fourth-order valence-electron chi connectivity index (χ4n) is 2.18. The molecule has 142 valence electrons. The normalized spacial score (nSPS) is 11.1. The largest absolute Gasteiger partial charge is 1.00 e. The quantitative estimate of drug-likeness (QED) is 0.361. The first-order valence-electron chi connectivity index (χ1n) is 8.46. The molecule has 0 aliphatic heterocycles. The summed E-state index contributed by atoms with van der Waals surface area (Å²) in [6.07, 6.45) is 5.18. The Morgan fingerprint density at radius 3 is 1.58 bits per heavy atom. The van der Waals surface area contributed by atoms with Gasteiger partial charge in [0.2, 0.25) is 0 Å². The van der Waals surface area contributed by atoms with Crippen LogP contribution in [0.4, 0.5) is 0 Å². The van der Waals surface area contributed by atoms with Gasteiger partial charge in [-0.15, -0.1) is 13.1 Å². The minimum Gasteiger partial charge on any atom is -0.662 e. The molecule has 2 aromatic carbocycles. The van der Waals surface area contributed by atoms with Gasteiger partial charge in [-0.05, 0) is 24.3 Å². The van der Waals surface area contributed by atoms with Crippen LogP contribution in [0.2, 0.25) is 0 Å². The van der Waals surface area contributed by atoms with Crippen molar-refractivity contribution in [2.45, 2.75) is 12.8 Å². The fourth-order valence-corrected chi connectivity index (χ4v) is 2.18. The van der Waals surface area contributed by atoms with Crippen molar-refractivity contribution in [1.29, 1.82) is 0 Å². The summed E-state index contributed by atoms with van der Waals surface area (Å²) in [7, 11) is 0. The van der Waals surface area contributed by atoms with Crippen LogP contribution in [0, 0.1) is 0 Å². The zero-order chi connectivity index (χ0) is 17.7. The van der Waals surface area contributed by atoms with Crippen molar-refractivity contribution in [1.82, 2.24) is 0 Å². The van der Waals surface area contributed by atoms with E-state index in [1.807, 2.05) is 24.3 Å². The van der Waals surface area contributed by atoms with Crippen molar-refractivity contribution in [2.75, 3.05) is 26.2 Å². The van der Waals surface area contributed by atoms with Gasteiger partial charge >= 0.3 is 17.1 Å². The Hall–Kier alpha value is -2.14. The molecular weight excluding hydrogens is 378 g/mol. The molecule has 26 heavy (non-hydrogen) atoms. The van der Waals surface area contributed by atoms with Gasteiger partial charge in [0.15, 0.2) is 0 Å². The molecular formula is C20H24CuN3O2. The molecule has 5 nitrogen and oxygen atoms in total. The second-order valence-electron chi connectivity index (χ2n) is 5.57. The zero-order valence-electron chi connectivity index (χ0n) is 14.6. The van der Waals surface area contributed by atoms with E-state index in [4.69, 9.17) is 0 Å². The average Bonchev–Trinajstić information content (AvgIpc) is 2.62. The SMILES string of the molecule is Oc1ccccc1C=NCCC[N-]CCCN=Cc1ccccc1O.[Cu+]. The second kappa shape index (κ2) is 13.1. The van der Waals surface area contributed by atoms with Crippen LogP contribution in [-0.4, -0.2) is 48.8 Å². The molecule has 0 aliphatic carbocycles. The van der Waals surface area contributed by atoms with Gasteiger partial charge in [-0.1, -0.05) is 37.1 Å². The molecule has 2 aromatic rings.